The maximum absolute atomic E-state index is 7.32. The van der Waals surface area contributed by atoms with Gasteiger partial charge in [-0.1, -0.05) is 0 Å². The molecule has 0 radical (unpaired) electrons. The van der Waals surface area contributed by atoms with Gasteiger partial charge in [-0.15, -0.1) is 0 Å². The van der Waals surface area contributed by atoms with E-state index >= 15 is 0 Å². The van der Waals surface area contributed by atoms with Crippen LogP contribution >= 0.6 is 0 Å². The molecule has 0 bridgehead atoms. The first-order valence-electron chi connectivity index (χ1n) is 2.63. The van der Waals surface area contributed by atoms with Gasteiger partial charge >= 0.3 is 0 Å². The van der Waals surface area contributed by atoms with Crippen molar-refractivity contribution in [3.05, 3.63) is 18.6 Å². The third kappa shape index (κ3) is 4.53. The molecule has 0 saturated carbocycles. The van der Waals surface area contributed by atoms with Gasteiger partial charge in [-0.05, 0) is 6.07 Å². The number of aromatic nitrogens is 2. The molecule has 1 aromatic rings. The number of hydrogen-bond acceptors (Lipinski definition) is 4. The van der Waals surface area contributed by atoms with Gasteiger partial charge in [0.25, 0.3) is 0 Å². The molecule has 1 heterocycles. The third-order valence-electron chi connectivity index (χ3n) is 0.605. The summed E-state index contributed by atoms with van der Waals surface area (Å²) in [5.41, 5.74) is 5.21. The number of rotatable bonds is 0. The van der Waals surface area contributed by atoms with Crippen molar-refractivity contribution < 1.29 is 0 Å². The summed E-state index contributed by atoms with van der Waals surface area (Å²) in [4.78, 5) is 7.30. The first-order chi connectivity index (χ1) is 4.81. The smallest absolute Gasteiger partial charge is 0.126 e. The van der Waals surface area contributed by atoms with Crippen LogP contribution in [-0.2, 0) is 0 Å². The van der Waals surface area contributed by atoms with Crippen LogP contribution in [0.1, 0.15) is 6.92 Å². The maximum atomic E-state index is 7.32. The second-order valence-electron chi connectivity index (χ2n) is 1.36. The summed E-state index contributed by atoms with van der Waals surface area (Å²) in [5, 5.41) is 7.32. The monoisotopic (exact) mass is 136 g/mol. The van der Waals surface area contributed by atoms with E-state index in [-0.39, 0.29) is 0 Å². The van der Waals surface area contributed by atoms with Crippen LogP contribution in [0.4, 0.5) is 5.82 Å². The van der Waals surface area contributed by atoms with E-state index in [4.69, 9.17) is 11.0 Å². The van der Waals surface area contributed by atoms with E-state index in [2.05, 4.69) is 9.97 Å². The van der Waals surface area contributed by atoms with E-state index in [9.17, 15) is 0 Å². The van der Waals surface area contributed by atoms with Gasteiger partial charge in [0, 0.05) is 13.1 Å². The highest BCUT2D eigenvalue weighted by atomic mass is 14.9. The van der Waals surface area contributed by atoms with E-state index in [1.807, 2.05) is 0 Å². The molecule has 0 unspecified atom stereocenters. The molecule has 1 aromatic heterocycles. The van der Waals surface area contributed by atoms with Crippen molar-refractivity contribution >= 4 is 5.82 Å². The fourth-order valence-corrected chi connectivity index (χ4v) is 0.301. The molecule has 0 atom stereocenters. The predicted molar refractivity (Wildman–Crippen MR) is 37.7 cm³/mol. The highest BCUT2D eigenvalue weighted by Gasteiger charge is 1.74. The Labute approximate surface area is 59.3 Å². The lowest BCUT2D eigenvalue weighted by Crippen LogP contribution is -1.87. The number of nitriles is 1. The minimum atomic E-state index is 0.509. The standard InChI is InChI=1S/C4H5N3.C2H3N/c5-4-1-2-6-3-7-4;1-2-3/h1-3H,(H2,5,6,7);1H3. The molecule has 4 heteroatoms. The second kappa shape index (κ2) is 5.51. The molecule has 0 aromatic carbocycles. The topological polar surface area (TPSA) is 75.6 Å². The third-order valence-corrected chi connectivity index (χ3v) is 0.605. The Kier molecular flexibility index (Phi) is 4.61. The summed E-state index contributed by atoms with van der Waals surface area (Å²) >= 11 is 0. The van der Waals surface area contributed by atoms with Crippen molar-refractivity contribution in [2.75, 3.05) is 5.73 Å². The highest BCUT2D eigenvalue weighted by molar-refractivity contribution is 5.22. The fraction of sp³-hybridized carbons (Fsp3) is 0.167. The average Bonchev–Trinajstić information content (AvgIpc) is 1.91. The quantitative estimate of drug-likeness (QED) is 0.566. The molecule has 0 fully saturated rings. The SMILES string of the molecule is CC#N.Nc1ccncn1. The Morgan fingerprint density at radius 1 is 1.70 bits per heavy atom. The zero-order chi connectivity index (χ0) is 7.82. The van der Waals surface area contributed by atoms with Gasteiger partial charge in [-0.3, -0.25) is 0 Å². The van der Waals surface area contributed by atoms with E-state index in [0.717, 1.165) is 0 Å². The summed E-state index contributed by atoms with van der Waals surface area (Å²) in [5.74, 6) is 0.509. The summed E-state index contributed by atoms with van der Waals surface area (Å²) in [6, 6.07) is 3.39. The normalized spacial score (nSPS) is 6.80. The molecule has 4 nitrogen and oxygen atoms in total. The predicted octanol–water partition coefficient (Wildman–Crippen LogP) is 0.589. The molecule has 0 aliphatic rings. The lowest BCUT2D eigenvalue weighted by molar-refractivity contribution is 1.18. The van der Waals surface area contributed by atoms with Crippen LogP contribution in [0.5, 0.6) is 0 Å². The van der Waals surface area contributed by atoms with Crippen LogP contribution in [0.2, 0.25) is 0 Å². The second-order valence-corrected chi connectivity index (χ2v) is 1.36. The molecule has 2 N–H and O–H groups in total. The van der Waals surface area contributed by atoms with Crippen LogP contribution in [0.15, 0.2) is 18.6 Å². The van der Waals surface area contributed by atoms with Crippen molar-refractivity contribution in [2.24, 2.45) is 0 Å². The lowest BCUT2D eigenvalue weighted by Gasteiger charge is -1.82. The van der Waals surface area contributed by atoms with Crippen LogP contribution in [0, 0.1) is 11.3 Å². The molecule has 0 aliphatic carbocycles. The van der Waals surface area contributed by atoms with Crippen molar-refractivity contribution in [2.45, 2.75) is 6.92 Å². The van der Waals surface area contributed by atoms with Gasteiger partial charge in [0.1, 0.15) is 12.1 Å². The van der Waals surface area contributed by atoms with E-state index in [1.165, 1.54) is 13.3 Å². The van der Waals surface area contributed by atoms with Crippen LogP contribution < -0.4 is 5.73 Å². The van der Waals surface area contributed by atoms with Gasteiger partial charge in [0.2, 0.25) is 0 Å². The zero-order valence-corrected chi connectivity index (χ0v) is 5.65. The number of anilines is 1. The summed E-state index contributed by atoms with van der Waals surface area (Å²) in [6.07, 6.45) is 3.01. The first kappa shape index (κ1) is 8.37. The Morgan fingerprint density at radius 2 is 2.30 bits per heavy atom. The molecular formula is C6H8N4. The largest absolute Gasteiger partial charge is 0.384 e. The summed E-state index contributed by atoms with van der Waals surface area (Å²) in [6.45, 7) is 1.43. The van der Waals surface area contributed by atoms with Gasteiger partial charge in [-0.2, -0.15) is 5.26 Å². The van der Waals surface area contributed by atoms with Crippen LogP contribution in [0.25, 0.3) is 0 Å². The van der Waals surface area contributed by atoms with Crippen molar-refractivity contribution in [1.82, 2.24) is 9.97 Å². The summed E-state index contributed by atoms with van der Waals surface area (Å²) in [7, 11) is 0. The van der Waals surface area contributed by atoms with E-state index in [0.29, 0.717) is 5.82 Å². The van der Waals surface area contributed by atoms with Crippen molar-refractivity contribution in [3.8, 4) is 6.07 Å². The first-order valence-corrected chi connectivity index (χ1v) is 2.63. The minimum absolute atomic E-state index is 0.509. The molecule has 1 rings (SSSR count). The molecule has 0 amide bonds. The zero-order valence-electron chi connectivity index (χ0n) is 5.65. The van der Waals surface area contributed by atoms with Gasteiger partial charge in [0.15, 0.2) is 0 Å². The number of hydrogen-bond donors (Lipinski definition) is 1. The van der Waals surface area contributed by atoms with E-state index in [1.54, 1.807) is 18.3 Å². The number of nitrogens with zero attached hydrogens (tertiary/aromatic N) is 3. The molecule has 0 spiro atoms. The average molecular weight is 136 g/mol. The van der Waals surface area contributed by atoms with Crippen LogP contribution in [0.3, 0.4) is 0 Å². The lowest BCUT2D eigenvalue weighted by atomic mass is 10.6. The molecule has 52 valence electrons. The maximum Gasteiger partial charge on any atom is 0.126 e. The fourth-order valence-electron chi connectivity index (χ4n) is 0.301. The Balaban J connectivity index is 0.000000236. The van der Waals surface area contributed by atoms with Crippen LogP contribution in [-0.4, -0.2) is 9.97 Å². The minimum Gasteiger partial charge on any atom is -0.384 e. The summed E-state index contributed by atoms with van der Waals surface area (Å²) < 4.78 is 0. The molecular weight excluding hydrogens is 128 g/mol. The highest BCUT2D eigenvalue weighted by Crippen LogP contribution is 1.85. The number of nitrogens with two attached hydrogens (primary N) is 1. The number of nitrogen functional groups attached to an aromatic ring is 1. The van der Waals surface area contributed by atoms with Gasteiger partial charge < -0.3 is 5.73 Å². The Bertz CT molecular complexity index is 201. The van der Waals surface area contributed by atoms with Crippen molar-refractivity contribution in [1.29, 1.82) is 5.26 Å². The van der Waals surface area contributed by atoms with E-state index < -0.39 is 0 Å². The molecule has 10 heavy (non-hydrogen) atoms. The van der Waals surface area contributed by atoms with Gasteiger partial charge in [-0.25, -0.2) is 9.97 Å². The van der Waals surface area contributed by atoms with Gasteiger partial charge in [0.05, 0.1) is 6.07 Å². The molecule has 0 saturated heterocycles. The Morgan fingerprint density at radius 3 is 2.50 bits per heavy atom. The Hall–Kier alpha value is -1.63. The molecule has 0 aliphatic heterocycles. The van der Waals surface area contributed by atoms with Crippen molar-refractivity contribution in [3.63, 3.8) is 0 Å².